The van der Waals surface area contributed by atoms with Crippen LogP contribution in [0.4, 0.5) is 0 Å². The monoisotopic (exact) mass is 338 g/mol. The molecule has 3 atom stereocenters. The molecule has 2 aliphatic heterocycles. The van der Waals surface area contributed by atoms with E-state index in [2.05, 4.69) is 38.4 Å². The van der Waals surface area contributed by atoms with Gasteiger partial charge in [0, 0.05) is 36.9 Å². The maximum Gasteiger partial charge on any atom is 0.138 e. The van der Waals surface area contributed by atoms with Crippen molar-refractivity contribution in [1.82, 2.24) is 30.9 Å². The molecule has 1 fully saturated rings. The van der Waals surface area contributed by atoms with Crippen molar-refractivity contribution >= 4 is 11.0 Å². The number of hydrogen-bond acceptors (Lipinski definition) is 6. The average Bonchev–Trinajstić information content (AvgIpc) is 3.36. The average molecular weight is 338 g/mol. The lowest BCUT2D eigenvalue weighted by molar-refractivity contribution is 0.318. The summed E-state index contributed by atoms with van der Waals surface area (Å²) in [4.78, 5) is 4.29. The van der Waals surface area contributed by atoms with Crippen LogP contribution in [0.2, 0.25) is 0 Å². The first kappa shape index (κ1) is 15.1. The van der Waals surface area contributed by atoms with E-state index in [0.29, 0.717) is 12.0 Å². The maximum atomic E-state index is 6.06. The summed E-state index contributed by atoms with van der Waals surface area (Å²) in [5.74, 6) is 2.54. The highest BCUT2D eigenvalue weighted by atomic mass is 16.3. The van der Waals surface area contributed by atoms with Crippen molar-refractivity contribution in [3.63, 3.8) is 0 Å². The molecule has 3 unspecified atom stereocenters. The number of furan rings is 1. The molecule has 7 nitrogen and oxygen atoms in total. The fourth-order valence-corrected chi connectivity index (χ4v) is 3.91. The van der Waals surface area contributed by atoms with Crippen molar-refractivity contribution < 1.29 is 4.42 Å². The Balaban J connectivity index is 1.26. The third-order valence-corrected chi connectivity index (χ3v) is 5.32. The summed E-state index contributed by atoms with van der Waals surface area (Å²) in [6, 6.07) is 11.0. The van der Waals surface area contributed by atoms with Gasteiger partial charge in [-0.1, -0.05) is 18.2 Å². The molecule has 130 valence electrons. The number of nitrogens with zero attached hydrogens (tertiary/aromatic N) is 3. The predicted molar refractivity (Wildman–Crippen MR) is 93.7 cm³/mol. The molecule has 5 rings (SSSR count). The van der Waals surface area contributed by atoms with E-state index in [9.17, 15) is 0 Å². The van der Waals surface area contributed by atoms with Gasteiger partial charge in [-0.05, 0) is 18.6 Å². The highest BCUT2D eigenvalue weighted by Crippen LogP contribution is 2.30. The molecule has 1 aromatic carbocycles. The van der Waals surface area contributed by atoms with Gasteiger partial charge in [-0.3, -0.25) is 5.43 Å². The minimum Gasteiger partial charge on any atom is -0.459 e. The SMILES string of the molecule is c1ccc2oc(C3NNCC3CNC3CCc4ncnn4C3)cc2c1. The normalized spacial score (nSPS) is 26.2. The molecule has 1 saturated heterocycles. The zero-order valence-corrected chi connectivity index (χ0v) is 14.0. The van der Waals surface area contributed by atoms with Crippen LogP contribution in [-0.4, -0.2) is 33.9 Å². The van der Waals surface area contributed by atoms with Gasteiger partial charge >= 0.3 is 0 Å². The summed E-state index contributed by atoms with van der Waals surface area (Å²) in [5.41, 5.74) is 7.61. The van der Waals surface area contributed by atoms with Crippen LogP contribution in [0.1, 0.15) is 24.0 Å². The van der Waals surface area contributed by atoms with Crippen molar-refractivity contribution in [2.75, 3.05) is 13.1 Å². The van der Waals surface area contributed by atoms with Crippen molar-refractivity contribution in [3.8, 4) is 0 Å². The van der Waals surface area contributed by atoms with Gasteiger partial charge in [-0.15, -0.1) is 0 Å². The first-order valence-corrected chi connectivity index (χ1v) is 8.94. The van der Waals surface area contributed by atoms with Gasteiger partial charge in [0.25, 0.3) is 0 Å². The molecular formula is C18H22N6O. The van der Waals surface area contributed by atoms with Crippen molar-refractivity contribution in [2.45, 2.75) is 31.5 Å². The highest BCUT2D eigenvalue weighted by molar-refractivity contribution is 5.77. The molecule has 0 amide bonds. The topological polar surface area (TPSA) is 79.9 Å². The summed E-state index contributed by atoms with van der Waals surface area (Å²) in [6.07, 6.45) is 3.76. The van der Waals surface area contributed by atoms with Crippen LogP contribution in [0.3, 0.4) is 0 Å². The molecule has 0 aliphatic carbocycles. The smallest absolute Gasteiger partial charge is 0.138 e. The van der Waals surface area contributed by atoms with Crippen molar-refractivity contribution in [3.05, 3.63) is 48.2 Å². The number of benzene rings is 1. The second-order valence-corrected chi connectivity index (χ2v) is 6.95. The second-order valence-electron chi connectivity index (χ2n) is 6.95. The van der Waals surface area contributed by atoms with E-state index in [-0.39, 0.29) is 6.04 Å². The standard InChI is InChI=1S/C18H22N6O/c1-2-4-15-12(3-1)7-16(25-15)18-13(9-21-23-18)8-19-14-5-6-17-20-11-22-24(17)10-14/h1-4,7,11,13-14,18-19,21,23H,5-6,8-10H2. The van der Waals surface area contributed by atoms with Gasteiger partial charge in [0.15, 0.2) is 0 Å². The zero-order valence-electron chi connectivity index (χ0n) is 14.0. The van der Waals surface area contributed by atoms with Gasteiger partial charge in [-0.2, -0.15) is 5.10 Å². The van der Waals surface area contributed by atoms with Crippen LogP contribution in [0.15, 0.2) is 41.1 Å². The number of nitrogens with one attached hydrogen (secondary N) is 3. The van der Waals surface area contributed by atoms with Crippen LogP contribution in [0, 0.1) is 5.92 Å². The highest BCUT2D eigenvalue weighted by Gasteiger charge is 2.31. The Morgan fingerprint density at radius 3 is 3.24 bits per heavy atom. The van der Waals surface area contributed by atoms with Crippen molar-refractivity contribution in [2.24, 2.45) is 5.92 Å². The van der Waals surface area contributed by atoms with E-state index in [1.807, 2.05) is 22.9 Å². The predicted octanol–water partition coefficient (Wildman–Crippen LogP) is 1.39. The number of para-hydroxylation sites is 1. The summed E-state index contributed by atoms with van der Waals surface area (Å²) in [5, 5.41) is 9.17. The van der Waals surface area contributed by atoms with Crippen LogP contribution in [-0.2, 0) is 13.0 Å². The fourth-order valence-electron chi connectivity index (χ4n) is 3.91. The molecule has 3 N–H and O–H groups in total. The molecule has 7 heteroatoms. The zero-order chi connectivity index (χ0) is 16.6. The minimum absolute atomic E-state index is 0.186. The van der Waals surface area contributed by atoms with E-state index >= 15 is 0 Å². The van der Waals surface area contributed by atoms with Crippen LogP contribution < -0.4 is 16.2 Å². The third kappa shape index (κ3) is 2.84. The molecule has 4 heterocycles. The number of aryl methyl sites for hydroxylation is 1. The third-order valence-electron chi connectivity index (χ3n) is 5.32. The van der Waals surface area contributed by atoms with E-state index < -0.39 is 0 Å². The number of fused-ring (bicyclic) bond motifs is 2. The number of aromatic nitrogens is 3. The van der Waals surface area contributed by atoms with E-state index in [1.165, 1.54) is 0 Å². The van der Waals surface area contributed by atoms with Crippen LogP contribution in [0.25, 0.3) is 11.0 Å². The largest absolute Gasteiger partial charge is 0.459 e. The van der Waals surface area contributed by atoms with Crippen molar-refractivity contribution in [1.29, 1.82) is 0 Å². The molecule has 25 heavy (non-hydrogen) atoms. The van der Waals surface area contributed by atoms with Gasteiger partial charge in [0.1, 0.15) is 23.5 Å². The molecule has 0 bridgehead atoms. The quantitative estimate of drug-likeness (QED) is 0.667. The van der Waals surface area contributed by atoms with Gasteiger partial charge < -0.3 is 9.73 Å². The first-order chi connectivity index (χ1) is 12.4. The number of hydrazine groups is 1. The lowest BCUT2D eigenvalue weighted by Gasteiger charge is -2.26. The van der Waals surface area contributed by atoms with Gasteiger partial charge in [-0.25, -0.2) is 15.1 Å². The molecular weight excluding hydrogens is 316 g/mol. The van der Waals surface area contributed by atoms with E-state index in [4.69, 9.17) is 4.42 Å². The Morgan fingerprint density at radius 2 is 2.28 bits per heavy atom. The van der Waals surface area contributed by atoms with Gasteiger partial charge in [0.2, 0.25) is 0 Å². The second kappa shape index (κ2) is 6.25. The van der Waals surface area contributed by atoms with E-state index in [1.54, 1.807) is 6.33 Å². The van der Waals surface area contributed by atoms with E-state index in [0.717, 1.165) is 55.0 Å². The minimum atomic E-state index is 0.186. The molecule has 3 aromatic rings. The summed E-state index contributed by atoms with van der Waals surface area (Å²) < 4.78 is 8.07. The molecule has 2 aliphatic rings. The maximum absolute atomic E-state index is 6.06. The summed E-state index contributed by atoms with van der Waals surface area (Å²) in [6.45, 7) is 2.77. The Bertz CT molecular complexity index is 838. The van der Waals surface area contributed by atoms with Gasteiger partial charge in [0.05, 0.1) is 12.6 Å². The Morgan fingerprint density at radius 1 is 1.32 bits per heavy atom. The summed E-state index contributed by atoms with van der Waals surface area (Å²) in [7, 11) is 0. The molecule has 2 aromatic heterocycles. The van der Waals surface area contributed by atoms with Crippen LogP contribution >= 0.6 is 0 Å². The lowest BCUT2D eigenvalue weighted by atomic mass is 9.98. The molecule has 0 radical (unpaired) electrons. The molecule has 0 spiro atoms. The molecule has 0 saturated carbocycles. The lowest BCUT2D eigenvalue weighted by Crippen LogP contribution is -2.41. The Hall–Kier alpha value is -2.22. The number of hydrogen-bond donors (Lipinski definition) is 3. The Kier molecular flexibility index (Phi) is 3.77. The van der Waals surface area contributed by atoms with Crippen LogP contribution in [0.5, 0.6) is 0 Å². The fraction of sp³-hybridized carbons (Fsp3) is 0.444. The summed E-state index contributed by atoms with van der Waals surface area (Å²) >= 11 is 0. The first-order valence-electron chi connectivity index (χ1n) is 8.94. The number of rotatable bonds is 4. The Labute approximate surface area is 145 Å².